The van der Waals surface area contributed by atoms with Crippen LogP contribution in [0.1, 0.15) is 45.8 Å². The van der Waals surface area contributed by atoms with Crippen LogP contribution in [0.25, 0.3) is 0 Å². The number of rotatable bonds is 3. The highest BCUT2D eigenvalue weighted by Crippen LogP contribution is 2.40. The van der Waals surface area contributed by atoms with Gasteiger partial charge in [-0.25, -0.2) is 0 Å². The number of likely N-dealkylation sites (N-methyl/N-ethyl adjacent to an activating group) is 1. The first-order valence-electron chi connectivity index (χ1n) is 6.97. The minimum Gasteiger partial charge on any atom is -0.312 e. The Kier molecular flexibility index (Phi) is 3.67. The quantitative estimate of drug-likeness (QED) is 0.918. The summed E-state index contributed by atoms with van der Waals surface area (Å²) in [6, 6.07) is 9.17. The second-order valence-electron chi connectivity index (χ2n) is 5.26. The molecular formula is C16H20N2S. The first-order chi connectivity index (χ1) is 9.29. The van der Waals surface area contributed by atoms with E-state index in [2.05, 4.69) is 48.5 Å². The highest BCUT2D eigenvalue weighted by molar-refractivity contribution is 7.12. The Balaban J connectivity index is 1.97. The third-order valence-electron chi connectivity index (χ3n) is 4.02. The summed E-state index contributed by atoms with van der Waals surface area (Å²) in [6.45, 7) is 2.17. The van der Waals surface area contributed by atoms with Gasteiger partial charge in [0.15, 0.2) is 0 Å². The second-order valence-corrected chi connectivity index (χ2v) is 6.58. The highest BCUT2D eigenvalue weighted by Gasteiger charge is 2.29. The number of fused-ring (bicyclic) bond motifs is 1. The number of aromatic nitrogens is 1. The molecule has 2 unspecified atom stereocenters. The molecule has 2 aromatic rings. The Bertz CT molecular complexity index is 561. The van der Waals surface area contributed by atoms with Crippen molar-refractivity contribution in [2.45, 2.75) is 38.1 Å². The summed E-state index contributed by atoms with van der Waals surface area (Å²) in [4.78, 5) is 7.48. The van der Waals surface area contributed by atoms with Gasteiger partial charge in [0.1, 0.15) is 0 Å². The van der Waals surface area contributed by atoms with E-state index in [0.717, 1.165) is 0 Å². The van der Waals surface area contributed by atoms with E-state index in [4.69, 9.17) is 0 Å². The number of nitrogens with zero attached hydrogens (tertiary/aromatic N) is 1. The zero-order valence-corrected chi connectivity index (χ0v) is 12.3. The lowest BCUT2D eigenvalue weighted by Crippen LogP contribution is -2.26. The van der Waals surface area contributed by atoms with Gasteiger partial charge < -0.3 is 5.32 Å². The molecule has 0 bridgehead atoms. The van der Waals surface area contributed by atoms with E-state index >= 15 is 0 Å². The number of nitrogens with one attached hydrogen (secondary N) is 1. The topological polar surface area (TPSA) is 24.9 Å². The molecule has 0 aromatic carbocycles. The first-order valence-corrected chi connectivity index (χ1v) is 7.78. The molecule has 100 valence electrons. The van der Waals surface area contributed by atoms with Crippen molar-refractivity contribution in [1.29, 1.82) is 0 Å². The number of pyridine rings is 1. The lowest BCUT2D eigenvalue weighted by atomic mass is 9.81. The molecule has 2 atom stereocenters. The van der Waals surface area contributed by atoms with Gasteiger partial charge in [0.2, 0.25) is 0 Å². The van der Waals surface area contributed by atoms with Crippen molar-refractivity contribution in [3.05, 3.63) is 51.5 Å². The Labute approximate surface area is 118 Å². The molecule has 0 spiro atoms. The zero-order chi connectivity index (χ0) is 13.2. The molecule has 3 heteroatoms. The van der Waals surface area contributed by atoms with E-state index in [1.165, 1.54) is 40.3 Å². The average Bonchev–Trinajstić information content (AvgIpc) is 2.86. The van der Waals surface area contributed by atoms with Crippen LogP contribution in [0.3, 0.4) is 0 Å². The van der Waals surface area contributed by atoms with Crippen molar-refractivity contribution in [3.63, 3.8) is 0 Å². The lowest BCUT2D eigenvalue weighted by molar-refractivity contribution is 0.420. The fourth-order valence-corrected chi connectivity index (χ4v) is 4.19. The number of hydrogen-bond acceptors (Lipinski definition) is 3. The maximum Gasteiger partial charge on any atom is 0.0497 e. The van der Waals surface area contributed by atoms with Crippen LogP contribution in [0, 0.1) is 6.92 Å². The Morgan fingerprint density at radius 3 is 3.00 bits per heavy atom. The van der Waals surface area contributed by atoms with Crippen molar-refractivity contribution in [3.8, 4) is 0 Å². The number of hydrogen-bond donors (Lipinski definition) is 1. The normalized spacial score (nSPS) is 20.0. The van der Waals surface area contributed by atoms with Gasteiger partial charge in [-0.2, -0.15) is 0 Å². The summed E-state index contributed by atoms with van der Waals surface area (Å²) >= 11 is 1.90. The van der Waals surface area contributed by atoms with Gasteiger partial charge in [-0.3, -0.25) is 4.98 Å². The molecule has 0 radical (unpaired) electrons. The lowest BCUT2D eigenvalue weighted by Gasteiger charge is -2.30. The summed E-state index contributed by atoms with van der Waals surface area (Å²) in [5.41, 5.74) is 2.74. The molecule has 1 aliphatic carbocycles. The maximum absolute atomic E-state index is 4.67. The van der Waals surface area contributed by atoms with Crippen molar-refractivity contribution in [2.75, 3.05) is 7.05 Å². The minimum absolute atomic E-state index is 0.396. The first kappa shape index (κ1) is 12.8. The smallest absolute Gasteiger partial charge is 0.0497 e. The summed E-state index contributed by atoms with van der Waals surface area (Å²) in [5.74, 6) is 0.507. The minimum atomic E-state index is 0.396. The SMILES string of the molecule is CNC(c1ccc(C)s1)C1CCCc2cccnc21. The van der Waals surface area contributed by atoms with Crippen LogP contribution in [-0.2, 0) is 6.42 Å². The van der Waals surface area contributed by atoms with E-state index in [9.17, 15) is 0 Å². The van der Waals surface area contributed by atoms with Gasteiger partial charge in [0.25, 0.3) is 0 Å². The Morgan fingerprint density at radius 2 is 2.26 bits per heavy atom. The van der Waals surface area contributed by atoms with Crippen molar-refractivity contribution in [1.82, 2.24) is 10.3 Å². The van der Waals surface area contributed by atoms with E-state index in [1.54, 1.807) is 0 Å². The van der Waals surface area contributed by atoms with Crippen molar-refractivity contribution < 1.29 is 0 Å². The van der Waals surface area contributed by atoms with Gasteiger partial charge in [-0.15, -0.1) is 11.3 Å². The van der Waals surface area contributed by atoms with Crippen molar-refractivity contribution in [2.24, 2.45) is 0 Å². The highest BCUT2D eigenvalue weighted by atomic mass is 32.1. The van der Waals surface area contributed by atoms with E-state index in [0.29, 0.717) is 12.0 Å². The monoisotopic (exact) mass is 272 g/mol. The summed E-state index contributed by atoms with van der Waals surface area (Å²) in [7, 11) is 2.07. The standard InChI is InChI=1S/C16H20N2S/c1-11-8-9-14(19-11)16(17-2)13-7-3-5-12-6-4-10-18-15(12)13/h4,6,8-10,13,16-17H,3,5,7H2,1-2H3. The molecule has 2 aromatic heterocycles. The molecule has 2 nitrogen and oxygen atoms in total. The summed E-state index contributed by atoms with van der Waals surface area (Å²) in [6.07, 6.45) is 5.61. The van der Waals surface area contributed by atoms with Crippen LogP contribution >= 0.6 is 11.3 Å². The third-order valence-corrected chi connectivity index (χ3v) is 5.10. The van der Waals surface area contributed by atoms with Crippen LogP contribution in [0.5, 0.6) is 0 Å². The van der Waals surface area contributed by atoms with Gasteiger partial charge in [0, 0.05) is 33.6 Å². The molecule has 0 aliphatic heterocycles. The van der Waals surface area contributed by atoms with Gasteiger partial charge >= 0.3 is 0 Å². The number of thiophene rings is 1. The van der Waals surface area contributed by atoms with Crippen LogP contribution in [0.15, 0.2) is 30.5 Å². The molecule has 1 aliphatic rings. The van der Waals surface area contributed by atoms with E-state index < -0.39 is 0 Å². The van der Waals surface area contributed by atoms with Crippen molar-refractivity contribution >= 4 is 11.3 Å². The summed E-state index contributed by atoms with van der Waals surface area (Å²) < 4.78 is 0. The molecule has 0 fully saturated rings. The fourth-order valence-electron chi connectivity index (χ4n) is 3.13. The second kappa shape index (κ2) is 5.43. The average molecular weight is 272 g/mol. The molecule has 0 saturated carbocycles. The van der Waals surface area contributed by atoms with Gasteiger partial charge in [-0.05, 0) is 57.0 Å². The van der Waals surface area contributed by atoms with Crippen LogP contribution in [0.4, 0.5) is 0 Å². The Hall–Kier alpha value is -1.19. The molecule has 2 heterocycles. The van der Waals surface area contributed by atoms with Gasteiger partial charge in [0.05, 0.1) is 0 Å². The summed E-state index contributed by atoms with van der Waals surface area (Å²) in [5, 5.41) is 3.51. The molecule has 19 heavy (non-hydrogen) atoms. The van der Waals surface area contributed by atoms with E-state index in [-0.39, 0.29) is 0 Å². The molecule has 3 rings (SSSR count). The predicted octanol–water partition coefficient (Wildman–Crippen LogP) is 3.83. The third kappa shape index (κ3) is 2.45. The largest absolute Gasteiger partial charge is 0.312 e. The van der Waals surface area contributed by atoms with Crippen LogP contribution < -0.4 is 5.32 Å². The predicted molar refractivity (Wildman–Crippen MR) is 80.8 cm³/mol. The number of aryl methyl sites for hydroxylation is 2. The van der Waals surface area contributed by atoms with Gasteiger partial charge in [-0.1, -0.05) is 6.07 Å². The van der Waals surface area contributed by atoms with Crippen LogP contribution in [0.2, 0.25) is 0 Å². The molecular weight excluding hydrogens is 252 g/mol. The fraction of sp³-hybridized carbons (Fsp3) is 0.438. The molecule has 0 saturated heterocycles. The molecule has 0 amide bonds. The Morgan fingerprint density at radius 1 is 1.37 bits per heavy atom. The zero-order valence-electron chi connectivity index (χ0n) is 11.5. The molecule has 1 N–H and O–H groups in total. The van der Waals surface area contributed by atoms with E-state index in [1.807, 2.05) is 17.5 Å². The van der Waals surface area contributed by atoms with Crippen LogP contribution in [-0.4, -0.2) is 12.0 Å². The maximum atomic E-state index is 4.67.